The van der Waals surface area contributed by atoms with Crippen LogP contribution in [0.15, 0.2) is 24.3 Å². The fourth-order valence-electron chi connectivity index (χ4n) is 2.37. The molecule has 2 rings (SSSR count). The summed E-state index contributed by atoms with van der Waals surface area (Å²) in [5, 5.41) is 8.94. The number of hydrogen-bond acceptors (Lipinski definition) is 3. The summed E-state index contributed by atoms with van der Waals surface area (Å²) in [6, 6.07) is 6.41. The van der Waals surface area contributed by atoms with Crippen LogP contribution in [0.3, 0.4) is 0 Å². The number of carboxylic acid groups (broad SMARTS) is 1. The van der Waals surface area contributed by atoms with Gasteiger partial charge in [0.15, 0.2) is 0 Å². The molecule has 0 saturated carbocycles. The van der Waals surface area contributed by atoms with E-state index >= 15 is 0 Å². The number of aromatic carboxylic acids is 1. The van der Waals surface area contributed by atoms with Gasteiger partial charge in [0.05, 0.1) is 12.0 Å². The van der Waals surface area contributed by atoms with Gasteiger partial charge in [0.25, 0.3) is 0 Å². The van der Waals surface area contributed by atoms with Gasteiger partial charge >= 0.3 is 5.97 Å². The Labute approximate surface area is 123 Å². The molecule has 6 nitrogen and oxygen atoms in total. The van der Waals surface area contributed by atoms with Gasteiger partial charge in [0, 0.05) is 33.1 Å². The number of benzene rings is 1. The van der Waals surface area contributed by atoms with Gasteiger partial charge in [-0.2, -0.15) is 0 Å². The molecule has 1 aromatic rings. The molecule has 0 bridgehead atoms. The van der Waals surface area contributed by atoms with Crippen molar-refractivity contribution < 1.29 is 19.5 Å². The van der Waals surface area contributed by atoms with E-state index < -0.39 is 5.97 Å². The predicted molar refractivity (Wildman–Crippen MR) is 75.9 cm³/mol. The van der Waals surface area contributed by atoms with Gasteiger partial charge in [0.1, 0.15) is 0 Å². The molecule has 112 valence electrons. The van der Waals surface area contributed by atoms with Gasteiger partial charge in [-0.1, -0.05) is 12.1 Å². The largest absolute Gasteiger partial charge is 0.478 e. The highest BCUT2D eigenvalue weighted by atomic mass is 16.4. The number of carboxylic acids is 1. The maximum absolute atomic E-state index is 12.2. The van der Waals surface area contributed by atoms with Crippen LogP contribution in [0, 0.1) is 0 Å². The molecule has 0 spiro atoms. The van der Waals surface area contributed by atoms with E-state index in [1.807, 2.05) is 0 Å². The van der Waals surface area contributed by atoms with Crippen LogP contribution in [-0.4, -0.2) is 58.9 Å². The summed E-state index contributed by atoms with van der Waals surface area (Å²) in [5.74, 6) is -1.02. The van der Waals surface area contributed by atoms with Crippen molar-refractivity contribution >= 4 is 17.8 Å². The maximum Gasteiger partial charge on any atom is 0.335 e. The van der Waals surface area contributed by atoms with Crippen molar-refractivity contribution in [3.05, 3.63) is 35.4 Å². The Morgan fingerprint density at radius 1 is 1.10 bits per heavy atom. The lowest BCUT2D eigenvalue weighted by Crippen LogP contribution is -2.50. The van der Waals surface area contributed by atoms with Gasteiger partial charge in [-0.25, -0.2) is 4.79 Å². The summed E-state index contributed by atoms with van der Waals surface area (Å²) in [6.45, 7) is 3.68. The van der Waals surface area contributed by atoms with Crippen molar-refractivity contribution in [2.24, 2.45) is 0 Å². The quantitative estimate of drug-likeness (QED) is 0.885. The van der Waals surface area contributed by atoms with Crippen molar-refractivity contribution in [1.29, 1.82) is 0 Å². The first-order chi connectivity index (χ1) is 9.97. The fraction of sp³-hybridized carbons (Fsp3) is 0.400. The number of hydrogen-bond donors (Lipinski definition) is 1. The SMILES string of the molecule is CC(=O)N1CCN(C(=O)Cc2cccc(C(=O)O)c2)CC1. The molecule has 1 aromatic carbocycles. The van der Waals surface area contributed by atoms with Gasteiger partial charge < -0.3 is 14.9 Å². The van der Waals surface area contributed by atoms with Crippen LogP contribution < -0.4 is 0 Å². The van der Waals surface area contributed by atoms with Crippen LogP contribution in [0.5, 0.6) is 0 Å². The van der Waals surface area contributed by atoms with Gasteiger partial charge in [-0.3, -0.25) is 9.59 Å². The van der Waals surface area contributed by atoms with Crippen LogP contribution in [0.1, 0.15) is 22.8 Å². The van der Waals surface area contributed by atoms with E-state index in [0.717, 1.165) is 0 Å². The zero-order valence-corrected chi connectivity index (χ0v) is 11.9. The summed E-state index contributed by atoms with van der Waals surface area (Å²) in [6.07, 6.45) is 0.182. The van der Waals surface area contributed by atoms with E-state index in [-0.39, 0.29) is 23.8 Å². The number of amides is 2. The smallest absolute Gasteiger partial charge is 0.335 e. The number of piperazine rings is 1. The van der Waals surface area contributed by atoms with Crippen molar-refractivity contribution in [1.82, 2.24) is 9.80 Å². The minimum atomic E-state index is -1.00. The Hall–Kier alpha value is -2.37. The van der Waals surface area contributed by atoms with Crippen LogP contribution in [0.25, 0.3) is 0 Å². The van der Waals surface area contributed by atoms with Crippen LogP contribution >= 0.6 is 0 Å². The standard InChI is InChI=1S/C15H18N2O4/c1-11(18)16-5-7-17(8-6-16)14(19)10-12-3-2-4-13(9-12)15(20)21/h2-4,9H,5-8,10H2,1H3,(H,20,21). The average Bonchev–Trinajstić information content (AvgIpc) is 2.47. The number of carbonyl (C=O) groups is 3. The molecule has 1 heterocycles. The minimum absolute atomic E-state index is 0.0243. The molecule has 21 heavy (non-hydrogen) atoms. The second-order valence-corrected chi connectivity index (χ2v) is 5.07. The molecular weight excluding hydrogens is 272 g/mol. The second kappa shape index (κ2) is 6.39. The number of rotatable bonds is 3. The minimum Gasteiger partial charge on any atom is -0.478 e. The molecule has 1 saturated heterocycles. The van der Waals surface area contributed by atoms with Gasteiger partial charge in [0.2, 0.25) is 11.8 Å². The Balaban J connectivity index is 1.95. The van der Waals surface area contributed by atoms with E-state index in [0.29, 0.717) is 31.7 Å². The lowest BCUT2D eigenvalue weighted by atomic mass is 10.1. The summed E-state index contributed by atoms with van der Waals surface area (Å²) in [7, 11) is 0. The first kappa shape index (κ1) is 15.0. The molecule has 0 radical (unpaired) electrons. The molecule has 2 amide bonds. The summed E-state index contributed by atoms with van der Waals surface area (Å²) < 4.78 is 0. The van der Waals surface area contributed by atoms with Gasteiger partial charge in [-0.05, 0) is 17.7 Å². The molecular formula is C15H18N2O4. The third-order valence-electron chi connectivity index (χ3n) is 3.61. The van der Waals surface area contributed by atoms with E-state index in [1.54, 1.807) is 21.9 Å². The predicted octanol–water partition coefficient (Wildman–Crippen LogP) is 0.618. The van der Waals surface area contributed by atoms with E-state index in [2.05, 4.69) is 0 Å². The summed E-state index contributed by atoms with van der Waals surface area (Å²) in [4.78, 5) is 37.8. The molecule has 6 heteroatoms. The first-order valence-corrected chi connectivity index (χ1v) is 6.83. The Morgan fingerprint density at radius 3 is 2.29 bits per heavy atom. The van der Waals surface area contributed by atoms with Crippen molar-refractivity contribution in [2.75, 3.05) is 26.2 Å². The molecule has 0 aromatic heterocycles. The van der Waals surface area contributed by atoms with Crippen molar-refractivity contribution in [2.45, 2.75) is 13.3 Å². The molecule has 0 aliphatic carbocycles. The summed E-state index contributed by atoms with van der Waals surface area (Å²) in [5.41, 5.74) is 0.871. The normalized spacial score (nSPS) is 14.9. The van der Waals surface area contributed by atoms with Crippen LogP contribution in [-0.2, 0) is 16.0 Å². The van der Waals surface area contributed by atoms with Crippen LogP contribution in [0.4, 0.5) is 0 Å². The Kier molecular flexibility index (Phi) is 4.57. The number of nitrogens with zero attached hydrogens (tertiary/aromatic N) is 2. The van der Waals surface area contributed by atoms with Crippen LogP contribution in [0.2, 0.25) is 0 Å². The average molecular weight is 290 g/mol. The molecule has 1 fully saturated rings. The first-order valence-electron chi connectivity index (χ1n) is 6.83. The van der Waals surface area contributed by atoms with Gasteiger partial charge in [-0.15, -0.1) is 0 Å². The lowest BCUT2D eigenvalue weighted by Gasteiger charge is -2.34. The maximum atomic E-state index is 12.2. The topological polar surface area (TPSA) is 77.9 Å². The summed E-state index contributed by atoms with van der Waals surface area (Å²) >= 11 is 0. The van der Waals surface area contributed by atoms with E-state index in [4.69, 9.17) is 5.11 Å². The monoisotopic (exact) mass is 290 g/mol. The van der Waals surface area contributed by atoms with Crippen molar-refractivity contribution in [3.8, 4) is 0 Å². The molecule has 0 unspecified atom stereocenters. The zero-order valence-electron chi connectivity index (χ0n) is 11.9. The van der Waals surface area contributed by atoms with E-state index in [9.17, 15) is 14.4 Å². The number of carbonyl (C=O) groups excluding carboxylic acids is 2. The fourth-order valence-corrected chi connectivity index (χ4v) is 2.37. The molecule has 0 atom stereocenters. The highest BCUT2D eigenvalue weighted by molar-refractivity contribution is 5.88. The second-order valence-electron chi connectivity index (χ2n) is 5.07. The Bertz CT molecular complexity index is 563. The lowest BCUT2D eigenvalue weighted by molar-refractivity contribution is -0.138. The third kappa shape index (κ3) is 3.81. The molecule has 1 aliphatic rings. The highest BCUT2D eigenvalue weighted by Crippen LogP contribution is 2.09. The third-order valence-corrected chi connectivity index (χ3v) is 3.61. The molecule has 1 aliphatic heterocycles. The highest BCUT2D eigenvalue weighted by Gasteiger charge is 2.22. The van der Waals surface area contributed by atoms with E-state index in [1.165, 1.54) is 19.1 Å². The Morgan fingerprint density at radius 2 is 1.71 bits per heavy atom. The molecule has 1 N–H and O–H groups in total. The zero-order chi connectivity index (χ0) is 15.4. The van der Waals surface area contributed by atoms with Crippen molar-refractivity contribution in [3.63, 3.8) is 0 Å².